The molecule has 2 rings (SSSR count). The lowest BCUT2D eigenvalue weighted by Crippen LogP contribution is -2.11. The molecule has 0 aromatic carbocycles. The number of rotatable bonds is 9. The predicted octanol–water partition coefficient (Wildman–Crippen LogP) is 6.48. The summed E-state index contributed by atoms with van der Waals surface area (Å²) in [5, 5.41) is 3.59. The van der Waals surface area contributed by atoms with E-state index in [1.807, 2.05) is 23.5 Å². The molecule has 2 aromatic heterocycles. The van der Waals surface area contributed by atoms with Gasteiger partial charge in [0.15, 0.2) is 0 Å². The highest BCUT2D eigenvalue weighted by molar-refractivity contribution is 7.13. The summed E-state index contributed by atoms with van der Waals surface area (Å²) < 4.78 is 5.47. The summed E-state index contributed by atoms with van der Waals surface area (Å²) in [6, 6.07) is 6.26. The quantitative estimate of drug-likeness (QED) is 0.527. The summed E-state index contributed by atoms with van der Waals surface area (Å²) in [5.74, 6) is 0.960. The van der Waals surface area contributed by atoms with Gasteiger partial charge >= 0.3 is 0 Å². The van der Waals surface area contributed by atoms with Gasteiger partial charge in [0.05, 0.1) is 23.4 Å². The van der Waals surface area contributed by atoms with E-state index in [0.717, 1.165) is 25.0 Å². The molecular formula is C21H29NOS. The van der Waals surface area contributed by atoms with Crippen LogP contribution in [0.4, 0.5) is 0 Å². The Kier molecular flexibility index (Phi) is 7.38. The lowest BCUT2D eigenvalue weighted by molar-refractivity contribution is 0.501. The van der Waals surface area contributed by atoms with Crippen molar-refractivity contribution in [1.82, 2.24) is 5.32 Å². The molecule has 0 unspecified atom stereocenters. The van der Waals surface area contributed by atoms with Gasteiger partial charge in [0.1, 0.15) is 5.76 Å². The van der Waals surface area contributed by atoms with Crippen LogP contribution >= 0.6 is 11.3 Å². The fourth-order valence-electron chi connectivity index (χ4n) is 2.60. The van der Waals surface area contributed by atoms with Gasteiger partial charge in [-0.1, -0.05) is 38.8 Å². The van der Waals surface area contributed by atoms with Crippen LogP contribution in [0.5, 0.6) is 0 Å². The third kappa shape index (κ3) is 5.13. The van der Waals surface area contributed by atoms with Crippen LogP contribution in [0.1, 0.15) is 61.1 Å². The molecule has 3 heteroatoms. The Morgan fingerprint density at radius 3 is 2.71 bits per heavy atom. The molecule has 2 nitrogen and oxygen atoms in total. The molecule has 0 aliphatic carbocycles. The molecule has 1 N–H and O–H groups in total. The average Bonchev–Trinajstić information content (AvgIpc) is 3.24. The van der Waals surface area contributed by atoms with Crippen LogP contribution in [-0.4, -0.2) is 0 Å². The van der Waals surface area contributed by atoms with E-state index in [4.69, 9.17) is 4.42 Å². The molecule has 0 saturated heterocycles. The number of furan rings is 1. The SMILES string of the molecule is CCC/C=C(/C=C(/NCc1ccco1)c1sc(CC)cc1C)CC. The van der Waals surface area contributed by atoms with Crippen molar-refractivity contribution in [1.29, 1.82) is 0 Å². The minimum absolute atomic E-state index is 0.711. The van der Waals surface area contributed by atoms with E-state index in [9.17, 15) is 0 Å². The lowest BCUT2D eigenvalue weighted by Gasteiger charge is -2.11. The van der Waals surface area contributed by atoms with Crippen molar-refractivity contribution in [3.63, 3.8) is 0 Å². The van der Waals surface area contributed by atoms with Gasteiger partial charge in [0, 0.05) is 4.88 Å². The van der Waals surface area contributed by atoms with E-state index < -0.39 is 0 Å². The van der Waals surface area contributed by atoms with Gasteiger partial charge in [-0.25, -0.2) is 0 Å². The highest BCUT2D eigenvalue weighted by Crippen LogP contribution is 2.29. The summed E-state index contributed by atoms with van der Waals surface area (Å²) >= 11 is 1.89. The van der Waals surface area contributed by atoms with Gasteiger partial charge in [-0.3, -0.25) is 0 Å². The van der Waals surface area contributed by atoms with E-state index >= 15 is 0 Å². The number of nitrogens with one attached hydrogen (secondary N) is 1. The second-order valence-corrected chi connectivity index (χ2v) is 7.13. The molecular weight excluding hydrogens is 314 g/mol. The predicted molar refractivity (Wildman–Crippen MR) is 105 cm³/mol. The van der Waals surface area contributed by atoms with Crippen LogP contribution in [0, 0.1) is 6.92 Å². The Balaban J connectivity index is 2.30. The number of hydrogen-bond donors (Lipinski definition) is 1. The highest BCUT2D eigenvalue weighted by Gasteiger charge is 2.11. The first-order valence-electron chi connectivity index (χ1n) is 8.94. The summed E-state index contributed by atoms with van der Waals surface area (Å²) in [6.07, 6.45) is 10.9. The number of hydrogen-bond acceptors (Lipinski definition) is 3. The summed E-state index contributed by atoms with van der Waals surface area (Å²) in [6.45, 7) is 9.58. The summed E-state index contributed by atoms with van der Waals surface area (Å²) in [5.41, 5.74) is 3.95. The minimum Gasteiger partial charge on any atom is -0.467 e. The summed E-state index contributed by atoms with van der Waals surface area (Å²) in [7, 11) is 0. The van der Waals surface area contributed by atoms with Crippen LogP contribution in [0.15, 0.2) is 46.6 Å². The molecule has 0 aliphatic rings. The maximum Gasteiger partial charge on any atom is 0.122 e. The molecule has 0 bridgehead atoms. The standard InChI is InChI=1S/C21H29NOS/c1-5-8-10-17(6-2)14-20(22-15-18-11-9-12-23-18)21-16(4)13-19(7-3)24-21/h9-14,22H,5-8,15H2,1-4H3/b17-10+,20-14+. The Bertz CT molecular complexity index is 677. The number of allylic oxidation sites excluding steroid dienone is 3. The molecule has 0 aliphatic heterocycles. The monoisotopic (exact) mass is 343 g/mol. The van der Waals surface area contributed by atoms with Gasteiger partial charge in [0.2, 0.25) is 0 Å². The Morgan fingerprint density at radius 1 is 1.29 bits per heavy atom. The zero-order valence-electron chi connectivity index (χ0n) is 15.3. The number of unbranched alkanes of at least 4 members (excludes halogenated alkanes) is 1. The van der Waals surface area contributed by atoms with Crippen molar-refractivity contribution in [2.75, 3.05) is 0 Å². The molecule has 2 heterocycles. The smallest absolute Gasteiger partial charge is 0.122 e. The van der Waals surface area contributed by atoms with Crippen molar-refractivity contribution in [3.05, 3.63) is 63.3 Å². The average molecular weight is 344 g/mol. The van der Waals surface area contributed by atoms with E-state index in [0.29, 0.717) is 6.54 Å². The van der Waals surface area contributed by atoms with Crippen LogP contribution in [0.25, 0.3) is 5.70 Å². The molecule has 0 amide bonds. The molecule has 0 radical (unpaired) electrons. The van der Waals surface area contributed by atoms with Gasteiger partial charge in [-0.05, 0) is 56.0 Å². The molecule has 2 aromatic rings. The van der Waals surface area contributed by atoms with Crippen LogP contribution in [0.3, 0.4) is 0 Å². The largest absolute Gasteiger partial charge is 0.467 e. The van der Waals surface area contributed by atoms with Crippen molar-refractivity contribution in [3.8, 4) is 0 Å². The van der Waals surface area contributed by atoms with Crippen LogP contribution in [0.2, 0.25) is 0 Å². The lowest BCUT2D eigenvalue weighted by atomic mass is 10.1. The highest BCUT2D eigenvalue weighted by atomic mass is 32.1. The van der Waals surface area contributed by atoms with Gasteiger partial charge in [-0.15, -0.1) is 11.3 Å². The molecule has 24 heavy (non-hydrogen) atoms. The Morgan fingerprint density at radius 2 is 2.12 bits per heavy atom. The third-order valence-electron chi connectivity index (χ3n) is 4.03. The second-order valence-electron chi connectivity index (χ2n) is 5.99. The molecule has 0 saturated carbocycles. The van der Waals surface area contributed by atoms with E-state index in [-0.39, 0.29) is 0 Å². The zero-order valence-corrected chi connectivity index (χ0v) is 16.1. The normalized spacial score (nSPS) is 12.7. The molecule has 130 valence electrons. The maximum absolute atomic E-state index is 5.47. The Labute approximate surface area is 150 Å². The minimum atomic E-state index is 0.711. The fourth-order valence-corrected chi connectivity index (χ4v) is 3.71. The van der Waals surface area contributed by atoms with E-state index in [1.165, 1.54) is 33.0 Å². The molecule has 0 spiro atoms. The second kappa shape index (κ2) is 9.53. The zero-order chi connectivity index (χ0) is 17.4. The van der Waals surface area contributed by atoms with E-state index in [2.05, 4.69) is 51.2 Å². The first-order chi connectivity index (χ1) is 11.7. The van der Waals surface area contributed by atoms with Crippen LogP contribution in [-0.2, 0) is 13.0 Å². The third-order valence-corrected chi connectivity index (χ3v) is 5.44. The van der Waals surface area contributed by atoms with Crippen molar-refractivity contribution >= 4 is 17.0 Å². The van der Waals surface area contributed by atoms with Gasteiger partial charge in [0.25, 0.3) is 0 Å². The molecule has 0 atom stereocenters. The number of thiophene rings is 1. The first-order valence-corrected chi connectivity index (χ1v) is 9.76. The van der Waals surface area contributed by atoms with Crippen molar-refractivity contribution < 1.29 is 4.42 Å². The van der Waals surface area contributed by atoms with Crippen LogP contribution < -0.4 is 5.32 Å². The van der Waals surface area contributed by atoms with Gasteiger partial charge < -0.3 is 9.73 Å². The summed E-state index contributed by atoms with van der Waals surface area (Å²) in [4.78, 5) is 2.78. The molecule has 0 fully saturated rings. The maximum atomic E-state index is 5.47. The van der Waals surface area contributed by atoms with E-state index in [1.54, 1.807) is 6.26 Å². The Hall–Kier alpha value is -1.74. The van der Waals surface area contributed by atoms with Gasteiger partial charge in [-0.2, -0.15) is 0 Å². The number of aryl methyl sites for hydroxylation is 2. The first kappa shape index (κ1) is 18.6. The van der Waals surface area contributed by atoms with Crippen molar-refractivity contribution in [2.45, 2.75) is 59.9 Å². The fraction of sp³-hybridized carbons (Fsp3) is 0.429. The van der Waals surface area contributed by atoms with Crippen molar-refractivity contribution in [2.24, 2.45) is 0 Å². The topological polar surface area (TPSA) is 25.2 Å².